The molecular weight excluding hydrogens is 392 g/mol. The maximum absolute atomic E-state index is 10.4. The van der Waals surface area contributed by atoms with Crippen LogP contribution < -0.4 is 0 Å². The van der Waals surface area contributed by atoms with Crippen LogP contribution in [0.5, 0.6) is 11.5 Å². The van der Waals surface area contributed by atoms with Gasteiger partial charge < -0.3 is 10.2 Å². The summed E-state index contributed by atoms with van der Waals surface area (Å²) in [6, 6.07) is 19.6. The third-order valence-electron chi connectivity index (χ3n) is 8.00. The Bertz CT molecular complexity index is 999. The molecule has 1 unspecified atom stereocenters. The van der Waals surface area contributed by atoms with E-state index in [0.29, 0.717) is 23.3 Å². The molecule has 0 saturated heterocycles. The molecule has 0 heterocycles. The smallest absolute Gasteiger partial charge is 0.121 e. The summed E-state index contributed by atoms with van der Waals surface area (Å²) in [6.07, 6.45) is 4.46. The third kappa shape index (κ3) is 3.92. The summed E-state index contributed by atoms with van der Waals surface area (Å²) in [5.41, 5.74) is 7.66. The number of phenols is 2. The molecule has 2 nitrogen and oxygen atoms in total. The van der Waals surface area contributed by atoms with Crippen molar-refractivity contribution in [3.63, 3.8) is 0 Å². The van der Waals surface area contributed by atoms with Crippen LogP contribution in [0.15, 0.2) is 54.6 Å². The molecule has 1 saturated carbocycles. The Hall–Kier alpha value is -2.74. The van der Waals surface area contributed by atoms with Crippen molar-refractivity contribution < 1.29 is 10.2 Å². The lowest BCUT2D eigenvalue weighted by Crippen LogP contribution is -2.34. The maximum Gasteiger partial charge on any atom is 0.121 e. The fourth-order valence-corrected chi connectivity index (χ4v) is 5.87. The second-order valence-corrected chi connectivity index (χ2v) is 10.0. The van der Waals surface area contributed by atoms with Gasteiger partial charge in [0.2, 0.25) is 0 Å². The minimum atomic E-state index is -0.0979. The summed E-state index contributed by atoms with van der Waals surface area (Å²) in [7, 11) is 0. The Morgan fingerprint density at radius 1 is 0.719 bits per heavy atom. The number of hydrogen-bond acceptors (Lipinski definition) is 2. The van der Waals surface area contributed by atoms with E-state index in [0.717, 1.165) is 47.9 Å². The number of phenolic OH excluding ortho intramolecular Hbond substituents is 2. The van der Waals surface area contributed by atoms with Crippen molar-refractivity contribution in [1.82, 2.24) is 0 Å². The van der Waals surface area contributed by atoms with Crippen molar-refractivity contribution in [2.24, 2.45) is 5.92 Å². The van der Waals surface area contributed by atoms with E-state index in [1.165, 1.54) is 16.7 Å². The van der Waals surface area contributed by atoms with Gasteiger partial charge in [-0.25, -0.2) is 0 Å². The zero-order valence-electron chi connectivity index (χ0n) is 20.1. The fourth-order valence-electron chi connectivity index (χ4n) is 5.87. The molecule has 0 aromatic heterocycles. The van der Waals surface area contributed by atoms with Crippen LogP contribution in [0.2, 0.25) is 0 Å². The van der Waals surface area contributed by atoms with E-state index in [9.17, 15) is 10.2 Å². The minimum absolute atomic E-state index is 0.0979. The number of hydrogen-bond donors (Lipinski definition) is 2. The van der Waals surface area contributed by atoms with Gasteiger partial charge in [-0.05, 0) is 104 Å². The predicted molar refractivity (Wildman–Crippen MR) is 133 cm³/mol. The molecule has 4 rings (SSSR count). The van der Waals surface area contributed by atoms with Gasteiger partial charge in [0.25, 0.3) is 0 Å². The highest BCUT2D eigenvalue weighted by atomic mass is 16.3. The molecule has 32 heavy (non-hydrogen) atoms. The molecule has 2 N–H and O–H groups in total. The topological polar surface area (TPSA) is 40.5 Å². The Labute approximate surface area is 193 Å². The van der Waals surface area contributed by atoms with Crippen LogP contribution in [0.1, 0.15) is 77.5 Å². The zero-order valence-corrected chi connectivity index (χ0v) is 20.1. The highest BCUT2D eigenvalue weighted by Gasteiger charge is 2.40. The van der Waals surface area contributed by atoms with E-state index < -0.39 is 0 Å². The molecular formula is C30H36O2. The van der Waals surface area contributed by atoms with Crippen molar-refractivity contribution in [2.45, 2.75) is 71.6 Å². The molecule has 0 radical (unpaired) electrons. The van der Waals surface area contributed by atoms with Crippen molar-refractivity contribution >= 4 is 0 Å². The van der Waals surface area contributed by atoms with E-state index in [1.807, 2.05) is 27.7 Å². The second kappa shape index (κ2) is 8.65. The first kappa shape index (κ1) is 22.5. The summed E-state index contributed by atoms with van der Waals surface area (Å²) in [4.78, 5) is 0. The van der Waals surface area contributed by atoms with Crippen molar-refractivity contribution in [3.05, 3.63) is 93.5 Å². The largest absolute Gasteiger partial charge is 0.507 e. The monoisotopic (exact) mass is 428 g/mol. The summed E-state index contributed by atoms with van der Waals surface area (Å²) in [6.45, 7) is 10.4. The van der Waals surface area contributed by atoms with Crippen LogP contribution >= 0.6 is 0 Å². The van der Waals surface area contributed by atoms with E-state index in [1.54, 1.807) is 0 Å². The highest BCUT2D eigenvalue weighted by molar-refractivity contribution is 5.52. The third-order valence-corrected chi connectivity index (χ3v) is 8.00. The van der Waals surface area contributed by atoms with Crippen LogP contribution in [0.3, 0.4) is 0 Å². The molecule has 0 spiro atoms. The Morgan fingerprint density at radius 2 is 1.12 bits per heavy atom. The average Bonchev–Trinajstić information content (AvgIpc) is 2.80. The highest BCUT2D eigenvalue weighted by Crippen LogP contribution is 2.51. The average molecular weight is 429 g/mol. The SMILES string of the molecule is Cc1cc(C2(c3cc(C)c(O)c(C)c3)CCC(C(C)c3ccccc3)CC2)cc(C)c1O. The molecule has 168 valence electrons. The van der Waals surface area contributed by atoms with Gasteiger partial charge in [0.1, 0.15) is 11.5 Å². The van der Waals surface area contributed by atoms with Gasteiger partial charge in [0.05, 0.1) is 0 Å². The zero-order chi connectivity index (χ0) is 23.0. The number of benzene rings is 3. The molecule has 1 fully saturated rings. The van der Waals surface area contributed by atoms with Crippen molar-refractivity contribution in [2.75, 3.05) is 0 Å². The molecule has 1 aliphatic rings. The maximum atomic E-state index is 10.4. The lowest BCUT2D eigenvalue weighted by Gasteiger charge is -2.43. The Morgan fingerprint density at radius 3 is 1.53 bits per heavy atom. The van der Waals surface area contributed by atoms with Gasteiger partial charge in [-0.2, -0.15) is 0 Å². The van der Waals surface area contributed by atoms with E-state index in [-0.39, 0.29) is 5.41 Å². The van der Waals surface area contributed by atoms with Crippen molar-refractivity contribution in [1.29, 1.82) is 0 Å². The van der Waals surface area contributed by atoms with Crippen LogP contribution in [0.4, 0.5) is 0 Å². The van der Waals surface area contributed by atoms with E-state index in [2.05, 4.69) is 61.5 Å². The van der Waals surface area contributed by atoms with Gasteiger partial charge in [-0.3, -0.25) is 0 Å². The Kier molecular flexibility index (Phi) is 6.07. The first-order valence-corrected chi connectivity index (χ1v) is 11.9. The van der Waals surface area contributed by atoms with Gasteiger partial charge in [-0.1, -0.05) is 61.5 Å². The standard InChI is InChI=1S/C30H36O2/c1-19-15-26(16-20(2)28(19)31)30(27-17-21(3)29(32)22(4)18-27)13-11-25(12-14-30)23(5)24-9-7-6-8-10-24/h6-10,15-18,23,25,31-32H,11-14H2,1-5H3. The summed E-state index contributed by atoms with van der Waals surface area (Å²) in [5.74, 6) is 1.99. The lowest BCUT2D eigenvalue weighted by atomic mass is 9.60. The number of rotatable bonds is 4. The minimum Gasteiger partial charge on any atom is -0.507 e. The number of aromatic hydroxyl groups is 2. The van der Waals surface area contributed by atoms with Crippen LogP contribution in [0.25, 0.3) is 0 Å². The van der Waals surface area contributed by atoms with E-state index in [4.69, 9.17) is 0 Å². The lowest BCUT2D eigenvalue weighted by molar-refractivity contribution is 0.240. The molecule has 2 heteroatoms. The van der Waals surface area contributed by atoms with Crippen LogP contribution in [-0.2, 0) is 5.41 Å². The summed E-state index contributed by atoms with van der Waals surface area (Å²) in [5, 5.41) is 20.8. The Balaban J connectivity index is 1.75. The van der Waals surface area contributed by atoms with Crippen LogP contribution in [0, 0.1) is 33.6 Å². The molecule has 0 aliphatic heterocycles. The predicted octanol–water partition coefficient (Wildman–Crippen LogP) is 7.61. The van der Waals surface area contributed by atoms with Gasteiger partial charge in [0, 0.05) is 5.41 Å². The molecule has 1 atom stereocenters. The van der Waals surface area contributed by atoms with Crippen molar-refractivity contribution in [3.8, 4) is 11.5 Å². The quantitative estimate of drug-likeness (QED) is 0.449. The van der Waals surface area contributed by atoms with Gasteiger partial charge in [0.15, 0.2) is 0 Å². The molecule has 0 bridgehead atoms. The molecule has 0 amide bonds. The normalized spacial score (nSPS) is 17.3. The summed E-state index contributed by atoms with van der Waals surface area (Å²) < 4.78 is 0. The van der Waals surface area contributed by atoms with Crippen LogP contribution in [-0.4, -0.2) is 10.2 Å². The number of aryl methyl sites for hydroxylation is 4. The fraction of sp³-hybridized carbons (Fsp3) is 0.400. The molecule has 3 aromatic rings. The molecule has 1 aliphatic carbocycles. The second-order valence-electron chi connectivity index (χ2n) is 10.0. The summed E-state index contributed by atoms with van der Waals surface area (Å²) >= 11 is 0. The van der Waals surface area contributed by atoms with E-state index >= 15 is 0 Å². The molecule has 3 aromatic carbocycles. The first-order chi connectivity index (χ1) is 15.2. The van der Waals surface area contributed by atoms with Gasteiger partial charge >= 0.3 is 0 Å². The first-order valence-electron chi connectivity index (χ1n) is 11.9. The van der Waals surface area contributed by atoms with Gasteiger partial charge in [-0.15, -0.1) is 0 Å².